The molecule has 0 spiro atoms. The molecule has 0 aliphatic heterocycles. The molecular weight excluding hydrogens is 242 g/mol. The molecule has 1 aliphatic carbocycles. The van der Waals surface area contributed by atoms with Gasteiger partial charge >= 0.3 is 0 Å². The van der Waals surface area contributed by atoms with Gasteiger partial charge in [-0.15, -0.1) is 0 Å². The first-order chi connectivity index (χ1) is 8.70. The van der Waals surface area contributed by atoms with E-state index in [9.17, 15) is 4.21 Å². The lowest BCUT2D eigenvalue weighted by atomic mass is 10.0. The van der Waals surface area contributed by atoms with Crippen LogP contribution in [0.1, 0.15) is 48.8 Å². The molecule has 1 aromatic rings. The Morgan fingerprint density at radius 1 is 1.33 bits per heavy atom. The van der Waals surface area contributed by atoms with Crippen molar-refractivity contribution in [2.75, 3.05) is 0 Å². The molecule has 0 amide bonds. The van der Waals surface area contributed by atoms with E-state index in [2.05, 4.69) is 6.07 Å². The molecule has 0 heterocycles. The first-order valence-corrected chi connectivity index (χ1v) is 7.95. The zero-order valence-corrected chi connectivity index (χ0v) is 11.6. The monoisotopic (exact) mass is 261 g/mol. The van der Waals surface area contributed by atoms with E-state index in [1.54, 1.807) is 0 Å². The van der Waals surface area contributed by atoms with Crippen LogP contribution in [0.3, 0.4) is 0 Å². The minimum atomic E-state index is -0.759. The summed E-state index contributed by atoms with van der Waals surface area (Å²) < 4.78 is 12.3. The third kappa shape index (κ3) is 3.20. The van der Waals surface area contributed by atoms with Gasteiger partial charge in [0.25, 0.3) is 0 Å². The van der Waals surface area contributed by atoms with Crippen molar-refractivity contribution < 1.29 is 4.21 Å². The van der Waals surface area contributed by atoms with Crippen molar-refractivity contribution in [2.45, 2.75) is 50.0 Å². The molecule has 0 aromatic heterocycles. The Bertz CT molecular complexity index is 484. The molecule has 1 aromatic carbocycles. The van der Waals surface area contributed by atoms with E-state index in [-0.39, 0.29) is 0 Å². The number of nitrogens with zero attached hydrogens (tertiary/aromatic N) is 1. The second-order valence-electron chi connectivity index (χ2n) is 5.04. The van der Waals surface area contributed by atoms with Crippen molar-refractivity contribution >= 4 is 10.8 Å². The van der Waals surface area contributed by atoms with E-state index in [0.717, 1.165) is 24.0 Å². The maximum absolute atomic E-state index is 12.3. The summed E-state index contributed by atoms with van der Waals surface area (Å²) in [5.74, 6) is 0.641. The third-order valence-electron chi connectivity index (χ3n) is 3.69. The van der Waals surface area contributed by atoms with Crippen molar-refractivity contribution in [3.05, 3.63) is 34.9 Å². The van der Waals surface area contributed by atoms with Crippen LogP contribution in [0.4, 0.5) is 0 Å². The average Bonchev–Trinajstić information content (AvgIpc) is 2.42. The van der Waals surface area contributed by atoms with Crippen LogP contribution in [0, 0.1) is 18.3 Å². The fraction of sp³-hybridized carbons (Fsp3) is 0.533. The fourth-order valence-electron chi connectivity index (χ4n) is 2.53. The largest absolute Gasteiger partial charge is 0.259 e. The van der Waals surface area contributed by atoms with Gasteiger partial charge in [0.05, 0.1) is 11.6 Å². The maximum atomic E-state index is 12.3. The lowest BCUT2D eigenvalue weighted by Gasteiger charge is -2.21. The van der Waals surface area contributed by atoms with Crippen LogP contribution in [-0.4, -0.2) is 9.46 Å². The molecule has 1 saturated carbocycles. The predicted molar refractivity (Wildman–Crippen MR) is 74.6 cm³/mol. The summed E-state index contributed by atoms with van der Waals surface area (Å²) >= 11 is 0. The Hall–Kier alpha value is -1.14. The molecule has 18 heavy (non-hydrogen) atoms. The highest BCUT2D eigenvalue weighted by Gasteiger charge is 2.20. The highest BCUT2D eigenvalue weighted by Crippen LogP contribution is 2.24. The Balaban J connectivity index is 2.04. The van der Waals surface area contributed by atoms with Crippen molar-refractivity contribution in [1.82, 2.24) is 0 Å². The number of nitriles is 1. The van der Waals surface area contributed by atoms with Crippen molar-refractivity contribution in [2.24, 2.45) is 0 Å². The van der Waals surface area contributed by atoms with E-state index in [0.29, 0.717) is 16.6 Å². The molecule has 0 saturated heterocycles. The first-order valence-electron chi connectivity index (χ1n) is 6.57. The van der Waals surface area contributed by atoms with Crippen LogP contribution >= 0.6 is 0 Å². The highest BCUT2D eigenvalue weighted by atomic mass is 32.2. The quantitative estimate of drug-likeness (QED) is 0.836. The molecule has 1 atom stereocenters. The minimum absolute atomic E-state index is 0.383. The van der Waals surface area contributed by atoms with E-state index < -0.39 is 10.8 Å². The van der Waals surface area contributed by atoms with Crippen LogP contribution in [0.5, 0.6) is 0 Å². The standard InChI is InChI=1S/C15H19NOS/c1-12-9-13(10-16)7-8-14(12)11-18(17)15-5-3-2-4-6-15/h7-9,15H,2-6,11H2,1H3. The summed E-state index contributed by atoms with van der Waals surface area (Å²) in [7, 11) is -0.759. The van der Waals surface area contributed by atoms with Gasteiger partial charge in [-0.05, 0) is 43.0 Å². The van der Waals surface area contributed by atoms with Gasteiger partial charge in [0, 0.05) is 21.8 Å². The first kappa shape index (κ1) is 13.3. The average molecular weight is 261 g/mol. The van der Waals surface area contributed by atoms with Crippen LogP contribution in [0.25, 0.3) is 0 Å². The SMILES string of the molecule is Cc1cc(C#N)ccc1CS(=O)C1CCCCC1. The third-order valence-corrected chi connectivity index (χ3v) is 5.50. The Labute approximate surface area is 111 Å². The predicted octanol–water partition coefficient (Wildman–Crippen LogP) is 3.45. The number of hydrogen-bond acceptors (Lipinski definition) is 2. The molecule has 0 N–H and O–H groups in total. The lowest BCUT2D eigenvalue weighted by Crippen LogP contribution is -2.20. The smallest absolute Gasteiger partial charge is 0.0991 e. The van der Waals surface area contributed by atoms with Crippen LogP contribution in [0.15, 0.2) is 18.2 Å². The van der Waals surface area contributed by atoms with Crippen LogP contribution < -0.4 is 0 Å². The van der Waals surface area contributed by atoms with Gasteiger partial charge < -0.3 is 0 Å². The van der Waals surface area contributed by atoms with Crippen molar-refractivity contribution in [1.29, 1.82) is 5.26 Å². The van der Waals surface area contributed by atoms with Gasteiger partial charge in [-0.2, -0.15) is 5.26 Å². The van der Waals surface area contributed by atoms with Crippen molar-refractivity contribution in [3.8, 4) is 6.07 Å². The molecular formula is C15H19NOS. The fourth-order valence-corrected chi connectivity index (χ4v) is 4.25. The summed E-state index contributed by atoms with van der Waals surface area (Å²) in [6, 6.07) is 7.79. The van der Waals surface area contributed by atoms with Gasteiger partial charge in [-0.1, -0.05) is 25.3 Å². The Morgan fingerprint density at radius 2 is 2.06 bits per heavy atom. The van der Waals surface area contributed by atoms with E-state index >= 15 is 0 Å². The number of benzene rings is 1. The molecule has 0 radical (unpaired) electrons. The van der Waals surface area contributed by atoms with E-state index in [1.165, 1.54) is 19.3 Å². The molecule has 2 rings (SSSR count). The van der Waals surface area contributed by atoms with Crippen LogP contribution in [-0.2, 0) is 16.6 Å². The van der Waals surface area contributed by atoms with E-state index in [4.69, 9.17) is 5.26 Å². The zero-order valence-electron chi connectivity index (χ0n) is 10.8. The second-order valence-corrected chi connectivity index (χ2v) is 6.75. The van der Waals surface area contributed by atoms with Gasteiger partial charge in [0.15, 0.2) is 0 Å². The number of aryl methyl sites for hydroxylation is 1. The van der Waals surface area contributed by atoms with Gasteiger partial charge in [-0.25, -0.2) is 0 Å². The van der Waals surface area contributed by atoms with Gasteiger partial charge in [-0.3, -0.25) is 4.21 Å². The Morgan fingerprint density at radius 3 is 2.67 bits per heavy atom. The topological polar surface area (TPSA) is 40.9 Å². The molecule has 96 valence electrons. The van der Waals surface area contributed by atoms with Crippen LogP contribution in [0.2, 0.25) is 0 Å². The summed E-state index contributed by atoms with van der Waals surface area (Å²) in [6.45, 7) is 1.99. The molecule has 3 heteroatoms. The molecule has 1 unspecified atom stereocenters. The maximum Gasteiger partial charge on any atom is 0.0991 e. The van der Waals surface area contributed by atoms with Gasteiger partial charge in [0.1, 0.15) is 0 Å². The highest BCUT2D eigenvalue weighted by molar-refractivity contribution is 7.84. The number of hydrogen-bond donors (Lipinski definition) is 0. The molecule has 1 aliphatic rings. The Kier molecular flexibility index (Phi) is 4.54. The summed E-state index contributed by atoms with van der Waals surface area (Å²) in [5.41, 5.74) is 2.89. The summed E-state index contributed by atoms with van der Waals surface area (Å²) in [4.78, 5) is 0. The number of rotatable bonds is 3. The second kappa shape index (κ2) is 6.15. The summed E-state index contributed by atoms with van der Waals surface area (Å²) in [5, 5.41) is 9.21. The molecule has 0 bridgehead atoms. The van der Waals surface area contributed by atoms with Crippen molar-refractivity contribution in [3.63, 3.8) is 0 Å². The minimum Gasteiger partial charge on any atom is -0.259 e. The molecule has 1 fully saturated rings. The zero-order chi connectivity index (χ0) is 13.0. The van der Waals surface area contributed by atoms with E-state index in [1.807, 2.05) is 25.1 Å². The normalized spacial score (nSPS) is 18.2. The van der Waals surface area contributed by atoms with Gasteiger partial charge in [0.2, 0.25) is 0 Å². The molecule has 2 nitrogen and oxygen atoms in total. The lowest BCUT2D eigenvalue weighted by molar-refractivity contribution is 0.504. The summed E-state index contributed by atoms with van der Waals surface area (Å²) in [6.07, 6.45) is 5.97.